The fourth-order valence-corrected chi connectivity index (χ4v) is 4.57. The van der Waals surface area contributed by atoms with Crippen molar-refractivity contribution in [2.75, 3.05) is 12.0 Å². The molecule has 0 aromatic heterocycles. The van der Waals surface area contributed by atoms with Crippen molar-refractivity contribution in [1.82, 2.24) is 5.32 Å². The Morgan fingerprint density at radius 2 is 1.93 bits per heavy atom. The first kappa shape index (κ1) is 19.7. The molecule has 2 saturated carbocycles. The van der Waals surface area contributed by atoms with Crippen molar-refractivity contribution >= 4 is 28.8 Å². The lowest BCUT2D eigenvalue weighted by atomic mass is 9.64. The summed E-state index contributed by atoms with van der Waals surface area (Å²) in [5, 5.41) is 17.9. The lowest BCUT2D eigenvalue weighted by molar-refractivity contribution is -0.384. The number of hydrogen-bond acceptors (Lipinski definition) is 6. The molecule has 28 heavy (non-hydrogen) atoms. The maximum absolute atomic E-state index is 13.3. The minimum Gasteiger partial charge on any atom is -0.352 e. The number of amides is 1. The smallest absolute Gasteiger partial charge is 0.269 e. The highest BCUT2D eigenvalue weighted by atomic mass is 16.6. The topological polar surface area (TPSA) is 114 Å². The van der Waals surface area contributed by atoms with Gasteiger partial charge >= 0.3 is 0 Å². The normalized spacial score (nSPS) is 29.0. The monoisotopic (exact) mass is 384 g/mol. The Labute approximate surface area is 163 Å². The molecular weight excluding hydrogens is 360 g/mol. The van der Waals surface area contributed by atoms with Gasteiger partial charge in [-0.05, 0) is 30.4 Å². The standard InChI is InChI=1S/C20H24N4O4/c1-5-12-21-17(26)20-11-10-19(4,18(20,2)3)15(16(20)25)23-22-13-6-8-14(9-7-13)24(27)28/h5-9,22H,1,10-12H2,2-4H3,(H,21,26). The Kier molecular flexibility index (Phi) is 4.61. The number of hydrazone groups is 1. The Hall–Kier alpha value is -3.03. The van der Waals surface area contributed by atoms with E-state index in [-0.39, 0.29) is 17.4 Å². The number of carbonyl (C=O) groups is 2. The fraction of sp³-hybridized carbons (Fsp3) is 0.450. The first-order valence-corrected chi connectivity index (χ1v) is 9.14. The summed E-state index contributed by atoms with van der Waals surface area (Å²) in [4.78, 5) is 36.6. The highest BCUT2D eigenvalue weighted by Gasteiger charge is 2.76. The predicted molar refractivity (Wildman–Crippen MR) is 106 cm³/mol. The molecule has 8 heteroatoms. The second-order valence-corrected chi connectivity index (χ2v) is 8.07. The van der Waals surface area contributed by atoms with Crippen LogP contribution in [0.4, 0.5) is 11.4 Å². The maximum atomic E-state index is 13.3. The van der Waals surface area contributed by atoms with E-state index in [0.29, 0.717) is 30.8 Å². The van der Waals surface area contributed by atoms with E-state index in [1.807, 2.05) is 20.8 Å². The molecule has 2 aliphatic carbocycles. The first-order valence-electron chi connectivity index (χ1n) is 9.14. The van der Waals surface area contributed by atoms with Crippen molar-refractivity contribution < 1.29 is 14.5 Å². The van der Waals surface area contributed by atoms with Gasteiger partial charge in [0.15, 0.2) is 5.78 Å². The predicted octanol–water partition coefficient (Wildman–Crippen LogP) is 3.06. The minimum atomic E-state index is -1.15. The number of anilines is 1. The van der Waals surface area contributed by atoms with Crippen LogP contribution in [0.2, 0.25) is 0 Å². The average molecular weight is 384 g/mol. The molecule has 0 spiro atoms. The van der Waals surface area contributed by atoms with Crippen LogP contribution in [-0.2, 0) is 9.59 Å². The Morgan fingerprint density at radius 3 is 2.50 bits per heavy atom. The van der Waals surface area contributed by atoms with Crippen molar-refractivity contribution in [1.29, 1.82) is 0 Å². The van der Waals surface area contributed by atoms with Crippen molar-refractivity contribution in [2.45, 2.75) is 33.6 Å². The largest absolute Gasteiger partial charge is 0.352 e. The molecule has 0 heterocycles. The van der Waals surface area contributed by atoms with Crippen molar-refractivity contribution in [3.63, 3.8) is 0 Å². The van der Waals surface area contributed by atoms with Crippen molar-refractivity contribution in [3.05, 3.63) is 47.0 Å². The molecule has 2 aliphatic rings. The van der Waals surface area contributed by atoms with Crippen LogP contribution in [0.15, 0.2) is 42.0 Å². The molecule has 0 radical (unpaired) electrons. The number of fused-ring (bicyclic) bond motifs is 2. The molecule has 1 amide bonds. The van der Waals surface area contributed by atoms with Crippen molar-refractivity contribution in [3.8, 4) is 0 Å². The SMILES string of the molecule is C=CCNC(=O)C12CCC(C)(C(=NNc3ccc([N+](=O)[O-])cc3)C1=O)C2(C)C. The lowest BCUT2D eigenvalue weighted by Crippen LogP contribution is -2.50. The molecule has 2 fully saturated rings. The van der Waals surface area contributed by atoms with Gasteiger partial charge in [0.1, 0.15) is 11.1 Å². The number of nitro groups is 1. The second-order valence-electron chi connectivity index (χ2n) is 8.07. The summed E-state index contributed by atoms with van der Waals surface area (Å²) in [6, 6.07) is 5.78. The molecule has 0 aliphatic heterocycles. The van der Waals surface area contributed by atoms with Gasteiger partial charge in [-0.2, -0.15) is 5.10 Å². The number of hydrogen-bond donors (Lipinski definition) is 2. The van der Waals surface area contributed by atoms with E-state index in [1.165, 1.54) is 24.3 Å². The Bertz CT molecular complexity index is 890. The highest BCUT2D eigenvalue weighted by molar-refractivity contribution is 6.50. The van der Waals surface area contributed by atoms with Gasteiger partial charge in [0, 0.05) is 24.1 Å². The number of nitrogens with zero attached hydrogens (tertiary/aromatic N) is 2. The molecule has 1 aromatic rings. The van der Waals surface area contributed by atoms with Crippen LogP contribution in [-0.4, -0.2) is 28.9 Å². The van der Waals surface area contributed by atoms with E-state index in [0.717, 1.165) is 0 Å². The third-order valence-corrected chi connectivity index (χ3v) is 6.74. The summed E-state index contributed by atoms with van der Waals surface area (Å²) < 4.78 is 0. The van der Waals surface area contributed by atoms with Gasteiger partial charge in [-0.15, -0.1) is 6.58 Å². The zero-order valence-electron chi connectivity index (χ0n) is 16.2. The van der Waals surface area contributed by atoms with Gasteiger partial charge in [-0.1, -0.05) is 26.8 Å². The minimum absolute atomic E-state index is 0.0276. The lowest BCUT2D eigenvalue weighted by Gasteiger charge is -2.37. The molecule has 2 N–H and O–H groups in total. The molecule has 0 saturated heterocycles. The number of rotatable bonds is 6. The molecule has 3 rings (SSSR count). The van der Waals surface area contributed by atoms with E-state index >= 15 is 0 Å². The molecule has 2 atom stereocenters. The van der Waals surface area contributed by atoms with Crippen LogP contribution in [0.5, 0.6) is 0 Å². The maximum Gasteiger partial charge on any atom is 0.269 e. The number of benzene rings is 1. The van der Waals surface area contributed by atoms with E-state index in [4.69, 9.17) is 0 Å². The van der Waals surface area contributed by atoms with Crippen LogP contribution < -0.4 is 10.7 Å². The van der Waals surface area contributed by atoms with Crippen LogP contribution in [0, 0.1) is 26.4 Å². The van der Waals surface area contributed by atoms with E-state index in [2.05, 4.69) is 22.4 Å². The zero-order valence-corrected chi connectivity index (χ0v) is 16.2. The van der Waals surface area contributed by atoms with E-state index in [1.54, 1.807) is 6.08 Å². The number of non-ortho nitro benzene ring substituents is 1. The summed E-state index contributed by atoms with van der Waals surface area (Å²) in [7, 11) is 0. The van der Waals surface area contributed by atoms with E-state index < -0.39 is 21.2 Å². The van der Waals surface area contributed by atoms with Gasteiger partial charge in [-0.3, -0.25) is 25.1 Å². The number of carbonyl (C=O) groups excluding carboxylic acids is 2. The highest BCUT2D eigenvalue weighted by Crippen LogP contribution is 2.69. The zero-order chi connectivity index (χ0) is 20.7. The number of nitro benzene ring substituents is 1. The summed E-state index contributed by atoms with van der Waals surface area (Å²) >= 11 is 0. The summed E-state index contributed by atoms with van der Waals surface area (Å²) in [5.74, 6) is -0.547. The number of Topliss-reactive ketones (excluding diaryl/α,β-unsaturated/α-hetero) is 1. The summed E-state index contributed by atoms with van der Waals surface area (Å²) in [5.41, 5.74) is 1.37. The Morgan fingerprint density at radius 1 is 1.29 bits per heavy atom. The van der Waals surface area contributed by atoms with E-state index in [9.17, 15) is 19.7 Å². The third-order valence-electron chi connectivity index (χ3n) is 6.74. The molecule has 2 bridgehead atoms. The van der Waals surface area contributed by atoms with Crippen LogP contribution >= 0.6 is 0 Å². The average Bonchev–Trinajstić information content (AvgIpc) is 2.94. The number of nitrogens with one attached hydrogen (secondary N) is 2. The van der Waals surface area contributed by atoms with Gasteiger partial charge in [0.2, 0.25) is 5.91 Å². The third kappa shape index (κ3) is 2.47. The van der Waals surface area contributed by atoms with Crippen molar-refractivity contribution in [2.24, 2.45) is 21.3 Å². The first-order chi connectivity index (χ1) is 13.1. The molecule has 148 valence electrons. The fourth-order valence-electron chi connectivity index (χ4n) is 4.57. The quantitative estimate of drug-likeness (QED) is 0.339. The van der Waals surface area contributed by atoms with Gasteiger partial charge in [0.25, 0.3) is 5.69 Å². The molecular formula is C20H24N4O4. The van der Waals surface area contributed by atoms with Crippen LogP contribution in [0.1, 0.15) is 33.6 Å². The molecule has 8 nitrogen and oxygen atoms in total. The van der Waals surface area contributed by atoms with Crippen LogP contribution in [0.25, 0.3) is 0 Å². The summed E-state index contributed by atoms with van der Waals surface area (Å²) in [6.07, 6.45) is 2.74. The molecule has 1 aromatic carbocycles. The van der Waals surface area contributed by atoms with Gasteiger partial charge < -0.3 is 5.32 Å². The Balaban J connectivity index is 1.93. The van der Waals surface area contributed by atoms with Crippen LogP contribution in [0.3, 0.4) is 0 Å². The number of ketones is 1. The van der Waals surface area contributed by atoms with Gasteiger partial charge in [-0.25, -0.2) is 0 Å². The molecule has 2 unspecified atom stereocenters. The summed E-state index contributed by atoms with van der Waals surface area (Å²) in [6.45, 7) is 9.76. The van der Waals surface area contributed by atoms with Gasteiger partial charge in [0.05, 0.1) is 10.6 Å². The second kappa shape index (κ2) is 6.54.